The minimum Gasteiger partial charge on any atom is -0.374 e. The number of ether oxygens (including phenoxy) is 1. The Morgan fingerprint density at radius 1 is 1.39 bits per heavy atom. The van der Waals surface area contributed by atoms with E-state index in [0.29, 0.717) is 0 Å². The quantitative estimate of drug-likeness (QED) is 0.898. The normalized spacial score (nSPS) is 24.7. The average molecular weight is 267 g/mol. The van der Waals surface area contributed by atoms with E-state index in [0.717, 1.165) is 19.7 Å². The second-order valence-electron chi connectivity index (χ2n) is 6.52. The summed E-state index contributed by atoms with van der Waals surface area (Å²) in [5.41, 5.74) is 0.327. The molecule has 1 N–H and O–H groups in total. The van der Waals surface area contributed by atoms with Gasteiger partial charge in [-0.25, -0.2) is 0 Å². The standard InChI is InChI=1S/C15H25NOS/c1-14(2,3)13-7-6-12(18-13)10-16-11-15(4)8-5-9-17-15/h6-7,16H,5,8-11H2,1-4H3. The molecule has 0 aliphatic carbocycles. The number of rotatable bonds is 4. The van der Waals surface area contributed by atoms with Crippen LogP contribution < -0.4 is 5.32 Å². The van der Waals surface area contributed by atoms with Crippen LogP contribution in [0.15, 0.2) is 12.1 Å². The molecule has 1 aromatic rings. The minimum atomic E-state index is 0.0596. The van der Waals surface area contributed by atoms with Crippen LogP contribution in [0.1, 0.15) is 50.3 Å². The maximum atomic E-state index is 5.78. The zero-order valence-corrected chi connectivity index (χ0v) is 12.8. The first-order valence-corrected chi connectivity index (χ1v) is 7.65. The molecular formula is C15H25NOS. The molecule has 18 heavy (non-hydrogen) atoms. The molecule has 1 aliphatic rings. The summed E-state index contributed by atoms with van der Waals surface area (Å²) >= 11 is 1.92. The first-order valence-electron chi connectivity index (χ1n) is 6.83. The molecule has 1 atom stereocenters. The molecule has 2 rings (SSSR count). The maximum Gasteiger partial charge on any atom is 0.0779 e. The fourth-order valence-electron chi connectivity index (χ4n) is 2.30. The molecule has 102 valence electrons. The van der Waals surface area contributed by atoms with Crippen LogP contribution in [0.4, 0.5) is 0 Å². The molecule has 0 amide bonds. The van der Waals surface area contributed by atoms with Gasteiger partial charge in [0.05, 0.1) is 5.60 Å². The van der Waals surface area contributed by atoms with Gasteiger partial charge < -0.3 is 10.1 Å². The fourth-order valence-corrected chi connectivity index (χ4v) is 3.34. The first-order chi connectivity index (χ1) is 8.39. The van der Waals surface area contributed by atoms with Crippen molar-refractivity contribution in [3.05, 3.63) is 21.9 Å². The highest BCUT2D eigenvalue weighted by Crippen LogP contribution is 2.29. The number of thiophene rings is 1. The number of hydrogen-bond donors (Lipinski definition) is 1. The van der Waals surface area contributed by atoms with E-state index in [9.17, 15) is 0 Å². The Kier molecular flexibility index (Phi) is 4.15. The maximum absolute atomic E-state index is 5.78. The highest BCUT2D eigenvalue weighted by molar-refractivity contribution is 7.12. The highest BCUT2D eigenvalue weighted by Gasteiger charge is 2.29. The lowest BCUT2D eigenvalue weighted by Crippen LogP contribution is -2.36. The van der Waals surface area contributed by atoms with Crippen molar-refractivity contribution in [2.24, 2.45) is 0 Å². The van der Waals surface area contributed by atoms with Crippen LogP contribution in [-0.2, 0) is 16.7 Å². The summed E-state index contributed by atoms with van der Waals surface area (Å²) in [5, 5.41) is 3.53. The topological polar surface area (TPSA) is 21.3 Å². The lowest BCUT2D eigenvalue weighted by Gasteiger charge is -2.23. The van der Waals surface area contributed by atoms with Crippen LogP contribution in [0.25, 0.3) is 0 Å². The summed E-state index contributed by atoms with van der Waals surface area (Å²) in [6.45, 7) is 11.8. The van der Waals surface area contributed by atoms with E-state index in [2.05, 4.69) is 45.1 Å². The van der Waals surface area contributed by atoms with Crippen molar-refractivity contribution in [2.45, 2.75) is 58.1 Å². The van der Waals surface area contributed by atoms with E-state index in [1.54, 1.807) is 0 Å². The van der Waals surface area contributed by atoms with Gasteiger partial charge in [-0.1, -0.05) is 20.8 Å². The molecule has 0 bridgehead atoms. The van der Waals surface area contributed by atoms with E-state index in [-0.39, 0.29) is 11.0 Å². The number of nitrogens with one attached hydrogen (secondary N) is 1. The molecule has 3 heteroatoms. The Labute approximate surface area is 115 Å². The summed E-state index contributed by atoms with van der Waals surface area (Å²) in [6.07, 6.45) is 2.38. The molecule has 0 aromatic carbocycles. The van der Waals surface area contributed by atoms with Crippen LogP contribution >= 0.6 is 11.3 Å². The van der Waals surface area contributed by atoms with Gasteiger partial charge >= 0.3 is 0 Å². The summed E-state index contributed by atoms with van der Waals surface area (Å²) in [4.78, 5) is 2.88. The second kappa shape index (κ2) is 5.32. The van der Waals surface area contributed by atoms with Crippen molar-refractivity contribution < 1.29 is 4.74 Å². The van der Waals surface area contributed by atoms with E-state index in [1.807, 2.05) is 11.3 Å². The predicted molar refractivity (Wildman–Crippen MR) is 78.3 cm³/mol. The summed E-state index contributed by atoms with van der Waals surface area (Å²) in [7, 11) is 0. The van der Waals surface area contributed by atoms with Crippen molar-refractivity contribution in [1.29, 1.82) is 0 Å². The summed E-state index contributed by atoms with van der Waals surface area (Å²) < 4.78 is 5.78. The smallest absolute Gasteiger partial charge is 0.0779 e. The molecule has 1 fully saturated rings. The largest absolute Gasteiger partial charge is 0.374 e. The third kappa shape index (κ3) is 3.56. The molecule has 0 spiro atoms. The van der Waals surface area contributed by atoms with Gasteiger partial charge in [-0.3, -0.25) is 0 Å². The molecule has 0 saturated carbocycles. The summed E-state index contributed by atoms with van der Waals surface area (Å²) in [5.74, 6) is 0. The van der Waals surface area contributed by atoms with E-state index in [1.165, 1.54) is 22.6 Å². The number of hydrogen-bond acceptors (Lipinski definition) is 3. The zero-order valence-electron chi connectivity index (χ0n) is 12.0. The SMILES string of the molecule is CC1(CNCc2ccc(C(C)(C)C)s2)CCCO1. The molecule has 0 radical (unpaired) electrons. The third-order valence-corrected chi connectivity index (χ3v) is 5.01. The van der Waals surface area contributed by atoms with Crippen molar-refractivity contribution in [3.8, 4) is 0 Å². The van der Waals surface area contributed by atoms with Gasteiger partial charge in [-0.05, 0) is 37.3 Å². The van der Waals surface area contributed by atoms with E-state index < -0.39 is 0 Å². The van der Waals surface area contributed by atoms with Gasteiger partial charge in [0.1, 0.15) is 0 Å². The van der Waals surface area contributed by atoms with Crippen LogP contribution in [0.2, 0.25) is 0 Å². The zero-order chi connectivity index (χ0) is 13.2. The van der Waals surface area contributed by atoms with Crippen molar-refractivity contribution >= 4 is 11.3 Å². The van der Waals surface area contributed by atoms with Crippen molar-refractivity contribution in [2.75, 3.05) is 13.2 Å². The lowest BCUT2D eigenvalue weighted by molar-refractivity contribution is 0.0207. The van der Waals surface area contributed by atoms with Crippen LogP contribution in [-0.4, -0.2) is 18.8 Å². The molecule has 2 heterocycles. The third-order valence-electron chi connectivity index (χ3n) is 3.50. The van der Waals surface area contributed by atoms with Gasteiger partial charge in [0.2, 0.25) is 0 Å². The van der Waals surface area contributed by atoms with E-state index >= 15 is 0 Å². The molecule has 1 aromatic heterocycles. The predicted octanol–water partition coefficient (Wildman–Crippen LogP) is 3.70. The first kappa shape index (κ1) is 14.0. The molecule has 1 unspecified atom stereocenters. The Balaban J connectivity index is 1.82. The highest BCUT2D eigenvalue weighted by atomic mass is 32.1. The Morgan fingerprint density at radius 2 is 2.17 bits per heavy atom. The Hall–Kier alpha value is -0.380. The van der Waals surface area contributed by atoms with Gasteiger partial charge in [0, 0.05) is 29.5 Å². The van der Waals surface area contributed by atoms with Crippen molar-refractivity contribution in [1.82, 2.24) is 5.32 Å². The molecule has 1 aliphatic heterocycles. The molecular weight excluding hydrogens is 242 g/mol. The van der Waals surface area contributed by atoms with Crippen LogP contribution in [0.5, 0.6) is 0 Å². The van der Waals surface area contributed by atoms with Crippen LogP contribution in [0, 0.1) is 0 Å². The Morgan fingerprint density at radius 3 is 2.72 bits per heavy atom. The monoisotopic (exact) mass is 267 g/mol. The molecule has 1 saturated heterocycles. The van der Waals surface area contributed by atoms with Gasteiger partial charge in [0.25, 0.3) is 0 Å². The summed E-state index contributed by atoms with van der Waals surface area (Å²) in [6, 6.07) is 4.51. The van der Waals surface area contributed by atoms with Gasteiger partial charge in [0.15, 0.2) is 0 Å². The minimum absolute atomic E-state index is 0.0596. The van der Waals surface area contributed by atoms with Gasteiger partial charge in [-0.2, -0.15) is 0 Å². The second-order valence-corrected chi connectivity index (χ2v) is 7.69. The van der Waals surface area contributed by atoms with Crippen LogP contribution in [0.3, 0.4) is 0 Å². The molecule has 2 nitrogen and oxygen atoms in total. The average Bonchev–Trinajstić information content (AvgIpc) is 2.87. The fraction of sp³-hybridized carbons (Fsp3) is 0.733. The Bertz CT molecular complexity index is 385. The van der Waals surface area contributed by atoms with E-state index in [4.69, 9.17) is 4.74 Å². The lowest BCUT2D eigenvalue weighted by atomic mass is 9.95. The van der Waals surface area contributed by atoms with Gasteiger partial charge in [-0.15, -0.1) is 11.3 Å². The van der Waals surface area contributed by atoms with Crippen molar-refractivity contribution in [3.63, 3.8) is 0 Å².